The average molecular weight is 245 g/mol. The van der Waals surface area contributed by atoms with Gasteiger partial charge in [-0.3, -0.25) is 4.98 Å². The lowest BCUT2D eigenvalue weighted by Crippen LogP contribution is -2.25. The van der Waals surface area contributed by atoms with Gasteiger partial charge in [0.15, 0.2) is 0 Å². The van der Waals surface area contributed by atoms with Crippen LogP contribution in [0.5, 0.6) is 0 Å². The number of hydrogen-bond donors (Lipinski definition) is 1. The Morgan fingerprint density at radius 2 is 2.06 bits per heavy atom. The summed E-state index contributed by atoms with van der Waals surface area (Å²) in [5, 5.41) is 8.78. The van der Waals surface area contributed by atoms with Gasteiger partial charge in [0.1, 0.15) is 15.7 Å². The highest BCUT2D eigenvalue weighted by molar-refractivity contribution is 7.90. The molecule has 1 rings (SSSR count). The van der Waals surface area contributed by atoms with Gasteiger partial charge in [-0.15, -0.1) is 0 Å². The van der Waals surface area contributed by atoms with Crippen LogP contribution in [0, 0.1) is 0 Å². The predicted octanol–water partition coefficient (Wildman–Crippen LogP) is -0.550. The number of sulfone groups is 1. The first-order valence-electron chi connectivity index (χ1n) is 4.73. The van der Waals surface area contributed by atoms with E-state index in [4.69, 9.17) is 5.11 Å². The average Bonchev–Trinajstić information content (AvgIpc) is 2.25. The molecule has 0 fully saturated rings. The molecule has 0 amide bonds. The highest BCUT2D eigenvalue weighted by Crippen LogP contribution is 2.06. The molecule has 0 aliphatic heterocycles. The first-order chi connectivity index (χ1) is 7.42. The Balaban J connectivity index is 2.62. The molecule has 1 aromatic heterocycles. The Hall–Kier alpha value is -1.21. The Morgan fingerprint density at radius 1 is 1.38 bits per heavy atom. The third kappa shape index (κ3) is 4.11. The largest absolute Gasteiger partial charge is 0.390 e. The van der Waals surface area contributed by atoms with E-state index >= 15 is 0 Å². The van der Waals surface area contributed by atoms with Crippen LogP contribution in [0.2, 0.25) is 0 Å². The van der Waals surface area contributed by atoms with Crippen LogP contribution in [0.1, 0.15) is 5.69 Å². The molecule has 6 nitrogen and oxygen atoms in total. The molecule has 90 valence electrons. The summed E-state index contributed by atoms with van der Waals surface area (Å²) >= 11 is 0. The van der Waals surface area contributed by atoms with Gasteiger partial charge in [-0.1, -0.05) is 0 Å². The molecule has 0 aromatic carbocycles. The molecule has 0 bridgehead atoms. The maximum atomic E-state index is 11.0. The summed E-state index contributed by atoms with van der Waals surface area (Å²) in [6, 6.07) is 0. The minimum atomic E-state index is -2.97. The third-order valence-electron chi connectivity index (χ3n) is 2.04. The summed E-state index contributed by atoms with van der Waals surface area (Å²) in [4.78, 5) is 9.72. The number of aliphatic hydroxyl groups is 1. The van der Waals surface area contributed by atoms with Crippen molar-refractivity contribution in [1.82, 2.24) is 9.97 Å². The molecule has 16 heavy (non-hydrogen) atoms. The second-order valence-corrected chi connectivity index (χ2v) is 5.84. The fourth-order valence-electron chi connectivity index (χ4n) is 1.04. The number of aromatic nitrogens is 2. The lowest BCUT2D eigenvalue weighted by molar-refractivity contribution is 0.276. The molecule has 0 unspecified atom stereocenters. The molecule has 0 spiro atoms. The van der Waals surface area contributed by atoms with Gasteiger partial charge in [-0.2, -0.15) is 0 Å². The summed E-state index contributed by atoms with van der Waals surface area (Å²) in [5.41, 5.74) is 0.486. The maximum Gasteiger partial charge on any atom is 0.149 e. The van der Waals surface area contributed by atoms with Crippen molar-refractivity contribution in [2.75, 3.05) is 30.5 Å². The van der Waals surface area contributed by atoms with Crippen LogP contribution in [0.3, 0.4) is 0 Å². The minimum absolute atomic E-state index is 0.0763. The summed E-state index contributed by atoms with van der Waals surface area (Å²) in [5.74, 6) is 0.660. The molecule has 7 heteroatoms. The van der Waals surface area contributed by atoms with Gasteiger partial charge < -0.3 is 10.0 Å². The number of nitrogens with zero attached hydrogens (tertiary/aromatic N) is 3. The molecule has 1 heterocycles. The molecule has 0 radical (unpaired) electrons. The Labute approximate surface area is 94.9 Å². The van der Waals surface area contributed by atoms with E-state index in [1.54, 1.807) is 11.9 Å². The second-order valence-electron chi connectivity index (χ2n) is 3.58. The number of aliphatic hydroxyl groups excluding tert-OH is 1. The van der Waals surface area contributed by atoms with E-state index in [-0.39, 0.29) is 12.4 Å². The zero-order valence-electron chi connectivity index (χ0n) is 9.29. The monoisotopic (exact) mass is 245 g/mol. The topological polar surface area (TPSA) is 83.4 Å². The highest BCUT2D eigenvalue weighted by Gasteiger charge is 2.07. The van der Waals surface area contributed by atoms with Crippen molar-refractivity contribution < 1.29 is 13.5 Å². The molecule has 0 atom stereocenters. The van der Waals surface area contributed by atoms with Gasteiger partial charge in [0.25, 0.3) is 0 Å². The molecular formula is C9H15N3O3S. The Kier molecular flexibility index (Phi) is 4.19. The lowest BCUT2D eigenvalue weighted by atomic mass is 10.4. The zero-order chi connectivity index (χ0) is 12.2. The van der Waals surface area contributed by atoms with Crippen molar-refractivity contribution in [1.29, 1.82) is 0 Å². The minimum Gasteiger partial charge on any atom is -0.390 e. The van der Waals surface area contributed by atoms with Crippen LogP contribution in [-0.4, -0.2) is 49.1 Å². The smallest absolute Gasteiger partial charge is 0.149 e. The summed E-state index contributed by atoms with van der Waals surface area (Å²) < 4.78 is 21.9. The summed E-state index contributed by atoms with van der Waals surface area (Å²) in [6.45, 7) is 0.215. The van der Waals surface area contributed by atoms with Gasteiger partial charge in [0, 0.05) is 19.8 Å². The fraction of sp³-hybridized carbons (Fsp3) is 0.556. The fourth-order valence-corrected chi connectivity index (χ4v) is 1.65. The number of anilines is 1. The van der Waals surface area contributed by atoms with Crippen molar-refractivity contribution in [3.05, 3.63) is 18.1 Å². The van der Waals surface area contributed by atoms with E-state index < -0.39 is 9.84 Å². The summed E-state index contributed by atoms with van der Waals surface area (Å²) in [7, 11) is -1.23. The van der Waals surface area contributed by atoms with Gasteiger partial charge in [-0.25, -0.2) is 13.4 Å². The normalized spacial score (nSPS) is 11.4. The SMILES string of the molecule is CN(CCS(C)(=O)=O)c1cnc(CO)cn1. The van der Waals surface area contributed by atoms with Crippen LogP contribution in [-0.2, 0) is 16.4 Å². The summed E-state index contributed by atoms with van der Waals surface area (Å²) in [6.07, 6.45) is 4.17. The maximum absolute atomic E-state index is 11.0. The standard InChI is InChI=1S/C9H15N3O3S/c1-12(3-4-16(2,14)15)9-6-10-8(7-13)5-11-9/h5-6,13H,3-4,7H2,1-2H3. The lowest BCUT2D eigenvalue weighted by Gasteiger charge is -2.16. The highest BCUT2D eigenvalue weighted by atomic mass is 32.2. The van der Waals surface area contributed by atoms with Crippen molar-refractivity contribution in [3.63, 3.8) is 0 Å². The van der Waals surface area contributed by atoms with Crippen molar-refractivity contribution in [2.24, 2.45) is 0 Å². The van der Waals surface area contributed by atoms with Gasteiger partial charge >= 0.3 is 0 Å². The van der Waals surface area contributed by atoms with Gasteiger partial charge in [0.2, 0.25) is 0 Å². The number of rotatable bonds is 5. The zero-order valence-corrected chi connectivity index (χ0v) is 10.1. The van der Waals surface area contributed by atoms with E-state index in [0.717, 1.165) is 0 Å². The van der Waals surface area contributed by atoms with Crippen LogP contribution >= 0.6 is 0 Å². The van der Waals surface area contributed by atoms with Gasteiger partial charge in [0.05, 0.1) is 30.4 Å². The van der Waals surface area contributed by atoms with E-state index in [2.05, 4.69) is 9.97 Å². The molecule has 0 saturated heterocycles. The second kappa shape index (κ2) is 5.22. The van der Waals surface area contributed by atoms with Crippen molar-refractivity contribution >= 4 is 15.7 Å². The van der Waals surface area contributed by atoms with E-state index in [1.165, 1.54) is 18.6 Å². The van der Waals surface area contributed by atoms with E-state index in [1.807, 2.05) is 0 Å². The van der Waals surface area contributed by atoms with E-state index in [9.17, 15) is 8.42 Å². The third-order valence-corrected chi connectivity index (χ3v) is 2.97. The molecular weight excluding hydrogens is 230 g/mol. The van der Waals surface area contributed by atoms with Crippen LogP contribution in [0.4, 0.5) is 5.82 Å². The molecule has 0 aliphatic rings. The van der Waals surface area contributed by atoms with Crippen molar-refractivity contribution in [2.45, 2.75) is 6.61 Å². The molecule has 0 saturated carbocycles. The Bertz CT molecular complexity index is 430. The van der Waals surface area contributed by atoms with Crippen LogP contribution in [0.25, 0.3) is 0 Å². The van der Waals surface area contributed by atoms with Crippen molar-refractivity contribution in [3.8, 4) is 0 Å². The Morgan fingerprint density at radius 3 is 2.50 bits per heavy atom. The number of hydrogen-bond acceptors (Lipinski definition) is 6. The molecule has 1 aromatic rings. The first-order valence-corrected chi connectivity index (χ1v) is 6.79. The van der Waals surface area contributed by atoms with Gasteiger partial charge in [-0.05, 0) is 0 Å². The molecule has 1 N–H and O–H groups in total. The molecule has 0 aliphatic carbocycles. The quantitative estimate of drug-likeness (QED) is 0.749. The predicted molar refractivity (Wildman–Crippen MR) is 60.9 cm³/mol. The van der Waals surface area contributed by atoms with E-state index in [0.29, 0.717) is 18.1 Å². The first kappa shape index (κ1) is 12.9. The van der Waals surface area contributed by atoms with Crippen LogP contribution < -0.4 is 4.90 Å². The van der Waals surface area contributed by atoms with Crippen LogP contribution in [0.15, 0.2) is 12.4 Å².